The number of amides is 2. The molecule has 19 heavy (non-hydrogen) atoms. The number of carbonyl (C=O) groups excluding carboxylic acids is 2. The molecule has 0 aliphatic heterocycles. The molecular formula is C14H20N2O3. The monoisotopic (exact) mass is 264 g/mol. The molecule has 0 saturated heterocycles. The summed E-state index contributed by atoms with van der Waals surface area (Å²) in [6.07, 6.45) is 0.778. The maximum absolute atomic E-state index is 11.7. The molecule has 1 aromatic carbocycles. The molecule has 0 heterocycles. The van der Waals surface area contributed by atoms with Crippen molar-refractivity contribution in [2.45, 2.75) is 33.2 Å². The SMILES string of the molecule is CCCOC(=O)c1cccc(NC(=O)NC(C)C)c1. The second kappa shape index (κ2) is 7.41. The number of ether oxygens (including phenoxy) is 1. The van der Waals surface area contributed by atoms with Gasteiger partial charge in [-0.05, 0) is 38.5 Å². The van der Waals surface area contributed by atoms with Crippen LogP contribution in [-0.2, 0) is 4.74 Å². The quantitative estimate of drug-likeness (QED) is 0.803. The fraction of sp³-hybridized carbons (Fsp3) is 0.429. The van der Waals surface area contributed by atoms with Crippen LogP contribution in [0.1, 0.15) is 37.6 Å². The highest BCUT2D eigenvalue weighted by Gasteiger charge is 2.09. The van der Waals surface area contributed by atoms with Gasteiger partial charge in [-0.2, -0.15) is 0 Å². The first-order valence-corrected chi connectivity index (χ1v) is 6.37. The molecule has 0 fully saturated rings. The molecule has 1 rings (SSSR count). The first-order valence-electron chi connectivity index (χ1n) is 6.37. The van der Waals surface area contributed by atoms with Crippen molar-refractivity contribution in [2.24, 2.45) is 0 Å². The zero-order chi connectivity index (χ0) is 14.3. The van der Waals surface area contributed by atoms with E-state index < -0.39 is 0 Å². The Bertz CT molecular complexity index is 444. The van der Waals surface area contributed by atoms with Crippen LogP contribution in [0.25, 0.3) is 0 Å². The average Bonchev–Trinajstić information content (AvgIpc) is 2.35. The van der Waals surface area contributed by atoms with Gasteiger partial charge in [-0.1, -0.05) is 13.0 Å². The van der Waals surface area contributed by atoms with Crippen LogP contribution in [0.15, 0.2) is 24.3 Å². The van der Waals surface area contributed by atoms with Gasteiger partial charge < -0.3 is 15.4 Å². The molecule has 0 aliphatic rings. The molecule has 5 heteroatoms. The molecule has 104 valence electrons. The maximum Gasteiger partial charge on any atom is 0.338 e. The van der Waals surface area contributed by atoms with Crippen molar-refractivity contribution in [1.29, 1.82) is 0 Å². The molecular weight excluding hydrogens is 244 g/mol. The van der Waals surface area contributed by atoms with Gasteiger partial charge in [0.2, 0.25) is 0 Å². The van der Waals surface area contributed by atoms with E-state index in [1.54, 1.807) is 24.3 Å². The van der Waals surface area contributed by atoms with Gasteiger partial charge in [0, 0.05) is 11.7 Å². The number of esters is 1. The van der Waals surface area contributed by atoms with E-state index in [1.165, 1.54) is 0 Å². The van der Waals surface area contributed by atoms with Crippen molar-refractivity contribution in [3.8, 4) is 0 Å². The predicted molar refractivity (Wildman–Crippen MR) is 74.3 cm³/mol. The lowest BCUT2D eigenvalue weighted by molar-refractivity contribution is 0.0505. The van der Waals surface area contributed by atoms with Gasteiger partial charge in [-0.25, -0.2) is 9.59 Å². The number of anilines is 1. The minimum Gasteiger partial charge on any atom is -0.462 e. The van der Waals surface area contributed by atoms with E-state index in [0.29, 0.717) is 17.9 Å². The molecule has 0 spiro atoms. The van der Waals surface area contributed by atoms with E-state index in [1.807, 2.05) is 20.8 Å². The van der Waals surface area contributed by atoms with Gasteiger partial charge >= 0.3 is 12.0 Å². The summed E-state index contributed by atoms with van der Waals surface area (Å²) in [7, 11) is 0. The molecule has 2 N–H and O–H groups in total. The topological polar surface area (TPSA) is 67.4 Å². The fourth-order valence-electron chi connectivity index (χ4n) is 1.43. The Kier molecular flexibility index (Phi) is 5.85. The van der Waals surface area contributed by atoms with Crippen molar-refractivity contribution < 1.29 is 14.3 Å². The molecule has 5 nitrogen and oxygen atoms in total. The minimum atomic E-state index is -0.380. The van der Waals surface area contributed by atoms with Crippen LogP contribution in [0, 0.1) is 0 Å². The first kappa shape index (κ1) is 15.0. The van der Waals surface area contributed by atoms with E-state index in [0.717, 1.165) is 6.42 Å². The number of benzene rings is 1. The summed E-state index contributed by atoms with van der Waals surface area (Å²) in [6, 6.07) is 6.43. The van der Waals surface area contributed by atoms with E-state index >= 15 is 0 Å². The molecule has 0 radical (unpaired) electrons. The molecule has 0 aromatic heterocycles. The lowest BCUT2D eigenvalue weighted by atomic mass is 10.2. The Hall–Kier alpha value is -2.04. The third-order valence-corrected chi connectivity index (χ3v) is 2.21. The van der Waals surface area contributed by atoms with Gasteiger partial charge in [0.25, 0.3) is 0 Å². The molecule has 0 atom stereocenters. The second-order valence-electron chi connectivity index (χ2n) is 4.47. The molecule has 0 aliphatic carbocycles. The fourth-order valence-corrected chi connectivity index (χ4v) is 1.43. The smallest absolute Gasteiger partial charge is 0.338 e. The minimum absolute atomic E-state index is 0.0534. The van der Waals surface area contributed by atoms with Gasteiger partial charge in [0.1, 0.15) is 0 Å². The third-order valence-electron chi connectivity index (χ3n) is 2.21. The van der Waals surface area contributed by atoms with Crippen molar-refractivity contribution in [2.75, 3.05) is 11.9 Å². The molecule has 2 amide bonds. The Balaban J connectivity index is 2.66. The standard InChI is InChI=1S/C14H20N2O3/c1-4-8-19-13(17)11-6-5-7-12(9-11)16-14(18)15-10(2)3/h5-7,9-10H,4,8H2,1-3H3,(H2,15,16,18). The number of hydrogen-bond acceptors (Lipinski definition) is 3. The molecule has 0 saturated carbocycles. The summed E-state index contributed by atoms with van der Waals surface area (Å²) >= 11 is 0. The van der Waals surface area contributed by atoms with Crippen LogP contribution in [0.4, 0.5) is 10.5 Å². The summed E-state index contributed by atoms with van der Waals surface area (Å²) < 4.78 is 5.03. The van der Waals surface area contributed by atoms with Crippen molar-refractivity contribution in [1.82, 2.24) is 5.32 Å². The lowest BCUT2D eigenvalue weighted by Crippen LogP contribution is -2.34. The highest BCUT2D eigenvalue weighted by Crippen LogP contribution is 2.11. The highest BCUT2D eigenvalue weighted by molar-refractivity contribution is 5.93. The Morgan fingerprint density at radius 1 is 1.32 bits per heavy atom. The zero-order valence-electron chi connectivity index (χ0n) is 11.5. The highest BCUT2D eigenvalue weighted by atomic mass is 16.5. The van der Waals surface area contributed by atoms with Crippen LogP contribution in [-0.4, -0.2) is 24.6 Å². The van der Waals surface area contributed by atoms with Crippen LogP contribution in [0.5, 0.6) is 0 Å². The van der Waals surface area contributed by atoms with E-state index in [-0.39, 0.29) is 18.0 Å². The van der Waals surface area contributed by atoms with E-state index in [4.69, 9.17) is 4.74 Å². The Labute approximate surface area is 113 Å². The normalized spacial score (nSPS) is 10.1. The predicted octanol–water partition coefficient (Wildman–Crippen LogP) is 2.78. The van der Waals surface area contributed by atoms with Gasteiger partial charge in [0.15, 0.2) is 0 Å². The molecule has 0 unspecified atom stereocenters. The zero-order valence-corrected chi connectivity index (χ0v) is 11.5. The number of nitrogens with one attached hydrogen (secondary N) is 2. The number of urea groups is 1. The second-order valence-corrected chi connectivity index (χ2v) is 4.47. The summed E-state index contributed by atoms with van der Waals surface area (Å²) in [4.78, 5) is 23.2. The van der Waals surface area contributed by atoms with Crippen LogP contribution in [0.2, 0.25) is 0 Å². The number of carbonyl (C=O) groups is 2. The summed E-state index contributed by atoms with van der Waals surface area (Å²) in [6.45, 7) is 6.07. The van der Waals surface area contributed by atoms with Gasteiger partial charge in [-0.3, -0.25) is 0 Å². The summed E-state index contributed by atoms with van der Waals surface area (Å²) in [5.74, 6) is -0.380. The Morgan fingerprint density at radius 2 is 2.05 bits per heavy atom. The third kappa shape index (κ3) is 5.42. The maximum atomic E-state index is 11.7. The van der Waals surface area contributed by atoms with Crippen LogP contribution >= 0.6 is 0 Å². The number of hydrogen-bond donors (Lipinski definition) is 2. The Morgan fingerprint density at radius 3 is 2.68 bits per heavy atom. The largest absolute Gasteiger partial charge is 0.462 e. The van der Waals surface area contributed by atoms with Crippen LogP contribution in [0.3, 0.4) is 0 Å². The van der Waals surface area contributed by atoms with Crippen molar-refractivity contribution in [3.63, 3.8) is 0 Å². The summed E-state index contributed by atoms with van der Waals surface area (Å²) in [5.41, 5.74) is 0.986. The van der Waals surface area contributed by atoms with E-state index in [9.17, 15) is 9.59 Å². The van der Waals surface area contributed by atoms with Crippen molar-refractivity contribution in [3.05, 3.63) is 29.8 Å². The molecule has 0 bridgehead atoms. The lowest BCUT2D eigenvalue weighted by Gasteiger charge is -2.10. The van der Waals surface area contributed by atoms with Gasteiger partial charge in [-0.15, -0.1) is 0 Å². The van der Waals surface area contributed by atoms with E-state index in [2.05, 4.69) is 10.6 Å². The van der Waals surface area contributed by atoms with Crippen LogP contribution < -0.4 is 10.6 Å². The van der Waals surface area contributed by atoms with Gasteiger partial charge in [0.05, 0.1) is 12.2 Å². The van der Waals surface area contributed by atoms with Crippen molar-refractivity contribution >= 4 is 17.7 Å². The molecule has 1 aromatic rings. The average molecular weight is 264 g/mol. The summed E-state index contributed by atoms with van der Waals surface area (Å²) in [5, 5.41) is 5.37. The number of rotatable bonds is 5. The first-order chi connectivity index (χ1) is 9.02.